The number of nitrogens with zero attached hydrogens (tertiary/aromatic N) is 1. The molecule has 1 unspecified atom stereocenters. The third-order valence-corrected chi connectivity index (χ3v) is 3.24. The lowest BCUT2D eigenvalue weighted by Gasteiger charge is -2.29. The molecular weight excluding hydrogens is 288 g/mol. The quantitative estimate of drug-likeness (QED) is 0.774. The Morgan fingerprint density at radius 2 is 2.09 bits per heavy atom. The van der Waals surface area contributed by atoms with Crippen molar-refractivity contribution in [1.82, 2.24) is 10.2 Å². The van der Waals surface area contributed by atoms with E-state index in [4.69, 9.17) is 14.6 Å². The molecule has 1 aliphatic rings. The molecule has 2 amide bonds. The molecular formula is C15H20N2O5. The molecule has 0 bridgehead atoms. The molecule has 0 radical (unpaired) electrons. The number of carbonyl (C=O) groups excluding carboxylic acids is 1. The van der Waals surface area contributed by atoms with Crippen molar-refractivity contribution in [2.24, 2.45) is 0 Å². The summed E-state index contributed by atoms with van der Waals surface area (Å²) in [6.07, 6.45) is 0.218. The predicted octanol–water partition coefficient (Wildman–Crippen LogP) is 1.33. The van der Waals surface area contributed by atoms with Gasteiger partial charge in [-0.15, -0.1) is 0 Å². The maximum atomic E-state index is 11.9. The minimum Gasteiger partial charge on any atom is -0.486 e. The Labute approximate surface area is 128 Å². The van der Waals surface area contributed by atoms with Crippen molar-refractivity contribution in [1.29, 1.82) is 0 Å². The van der Waals surface area contributed by atoms with Gasteiger partial charge in [0, 0.05) is 20.0 Å². The van der Waals surface area contributed by atoms with Gasteiger partial charge in [-0.1, -0.05) is 12.1 Å². The number of para-hydroxylation sites is 2. The van der Waals surface area contributed by atoms with Crippen LogP contribution in [0.15, 0.2) is 24.3 Å². The highest BCUT2D eigenvalue weighted by Gasteiger charge is 2.23. The Morgan fingerprint density at radius 1 is 1.36 bits per heavy atom. The van der Waals surface area contributed by atoms with E-state index in [2.05, 4.69) is 5.32 Å². The lowest BCUT2D eigenvalue weighted by molar-refractivity contribution is -0.137. The molecule has 2 N–H and O–H groups in total. The molecule has 7 heteroatoms. The lowest BCUT2D eigenvalue weighted by Crippen LogP contribution is -2.45. The number of likely N-dealkylation sites (N-methyl/N-ethyl adjacent to an activating group) is 1. The van der Waals surface area contributed by atoms with E-state index in [0.717, 1.165) is 0 Å². The first-order valence-electron chi connectivity index (χ1n) is 7.15. The van der Waals surface area contributed by atoms with Crippen LogP contribution in [-0.2, 0) is 4.79 Å². The van der Waals surface area contributed by atoms with Crippen molar-refractivity contribution >= 4 is 12.0 Å². The van der Waals surface area contributed by atoms with Crippen LogP contribution in [0.4, 0.5) is 4.79 Å². The van der Waals surface area contributed by atoms with Crippen molar-refractivity contribution in [3.8, 4) is 11.5 Å². The molecule has 0 aliphatic carbocycles. The maximum Gasteiger partial charge on any atom is 0.317 e. The molecule has 7 nitrogen and oxygen atoms in total. The second kappa shape index (κ2) is 7.53. The molecule has 0 fully saturated rings. The molecule has 0 spiro atoms. The summed E-state index contributed by atoms with van der Waals surface area (Å²) in [5.74, 6) is 0.516. The standard InChI is InChI=1S/C15H20N2O5/c1-17(15(20)16-8-4-7-14(18)19)9-11-10-21-12-5-2-3-6-13(12)22-11/h2-3,5-6,11H,4,7-10H2,1H3,(H,16,20)(H,18,19). The summed E-state index contributed by atoms with van der Waals surface area (Å²) >= 11 is 0. The van der Waals surface area contributed by atoms with Gasteiger partial charge in [-0.25, -0.2) is 4.79 Å². The van der Waals surface area contributed by atoms with Gasteiger partial charge in [0.25, 0.3) is 0 Å². The first kappa shape index (κ1) is 15.9. The van der Waals surface area contributed by atoms with E-state index in [-0.39, 0.29) is 18.6 Å². The van der Waals surface area contributed by atoms with Gasteiger partial charge in [0.1, 0.15) is 6.61 Å². The zero-order chi connectivity index (χ0) is 15.9. The van der Waals surface area contributed by atoms with Crippen LogP contribution in [0.1, 0.15) is 12.8 Å². The summed E-state index contributed by atoms with van der Waals surface area (Å²) in [4.78, 5) is 23.8. The topological polar surface area (TPSA) is 88.1 Å². The van der Waals surface area contributed by atoms with Crippen LogP contribution in [0.2, 0.25) is 0 Å². The average molecular weight is 308 g/mol. The third-order valence-electron chi connectivity index (χ3n) is 3.24. The number of fused-ring (bicyclic) bond motifs is 1. The number of hydrogen-bond donors (Lipinski definition) is 2. The number of ether oxygens (including phenoxy) is 2. The summed E-state index contributed by atoms with van der Waals surface area (Å²) in [6, 6.07) is 7.15. The minimum atomic E-state index is -0.867. The second-order valence-corrected chi connectivity index (χ2v) is 5.11. The summed E-state index contributed by atoms with van der Waals surface area (Å²) < 4.78 is 11.4. The number of nitrogens with one attached hydrogen (secondary N) is 1. The molecule has 1 aromatic carbocycles. The average Bonchev–Trinajstić information content (AvgIpc) is 2.51. The van der Waals surface area contributed by atoms with Gasteiger partial charge in [-0.3, -0.25) is 4.79 Å². The van der Waals surface area contributed by atoms with E-state index in [1.807, 2.05) is 24.3 Å². The predicted molar refractivity (Wildman–Crippen MR) is 79.3 cm³/mol. The smallest absolute Gasteiger partial charge is 0.317 e. The zero-order valence-corrected chi connectivity index (χ0v) is 12.4. The summed E-state index contributed by atoms with van der Waals surface area (Å²) in [5, 5.41) is 11.2. The van der Waals surface area contributed by atoms with Crippen LogP contribution in [0.3, 0.4) is 0 Å². The van der Waals surface area contributed by atoms with Crippen LogP contribution in [0.5, 0.6) is 11.5 Å². The Morgan fingerprint density at radius 3 is 2.82 bits per heavy atom. The van der Waals surface area contributed by atoms with Gasteiger partial charge in [-0.05, 0) is 18.6 Å². The van der Waals surface area contributed by atoms with Crippen molar-refractivity contribution in [2.45, 2.75) is 18.9 Å². The van der Waals surface area contributed by atoms with Crippen LogP contribution in [0.25, 0.3) is 0 Å². The number of benzene rings is 1. The highest BCUT2D eigenvalue weighted by molar-refractivity contribution is 5.74. The number of hydrogen-bond acceptors (Lipinski definition) is 4. The van der Waals surface area contributed by atoms with E-state index in [1.54, 1.807) is 7.05 Å². The molecule has 0 aromatic heterocycles. The first-order valence-corrected chi connectivity index (χ1v) is 7.15. The van der Waals surface area contributed by atoms with E-state index in [1.165, 1.54) is 4.90 Å². The summed E-state index contributed by atoms with van der Waals surface area (Å²) in [7, 11) is 1.66. The van der Waals surface area contributed by atoms with Crippen LogP contribution in [0, 0.1) is 0 Å². The molecule has 0 saturated heterocycles. The number of rotatable bonds is 6. The van der Waals surface area contributed by atoms with E-state index in [9.17, 15) is 9.59 Å². The van der Waals surface area contributed by atoms with Gasteiger partial charge in [-0.2, -0.15) is 0 Å². The van der Waals surface area contributed by atoms with E-state index >= 15 is 0 Å². The first-order chi connectivity index (χ1) is 10.6. The fourth-order valence-electron chi connectivity index (χ4n) is 2.11. The van der Waals surface area contributed by atoms with Gasteiger partial charge in [0.05, 0.1) is 6.54 Å². The Bertz CT molecular complexity index is 534. The number of carbonyl (C=O) groups is 2. The van der Waals surface area contributed by atoms with Gasteiger partial charge in [0.15, 0.2) is 17.6 Å². The molecule has 0 saturated carbocycles. The molecule has 120 valence electrons. The largest absolute Gasteiger partial charge is 0.486 e. The van der Waals surface area contributed by atoms with Gasteiger partial charge >= 0.3 is 12.0 Å². The molecule has 1 atom stereocenters. The Kier molecular flexibility index (Phi) is 5.46. The molecule has 1 aliphatic heterocycles. The monoisotopic (exact) mass is 308 g/mol. The van der Waals surface area contributed by atoms with E-state index < -0.39 is 5.97 Å². The number of urea groups is 1. The third kappa shape index (κ3) is 4.54. The Balaban J connectivity index is 1.74. The number of amides is 2. The van der Waals surface area contributed by atoms with Gasteiger partial charge in [0.2, 0.25) is 0 Å². The van der Waals surface area contributed by atoms with Crippen molar-refractivity contribution in [2.75, 3.05) is 26.7 Å². The summed E-state index contributed by atoms with van der Waals surface area (Å²) in [5.41, 5.74) is 0. The van der Waals surface area contributed by atoms with Crippen molar-refractivity contribution in [3.63, 3.8) is 0 Å². The second-order valence-electron chi connectivity index (χ2n) is 5.11. The van der Waals surface area contributed by atoms with Crippen molar-refractivity contribution in [3.05, 3.63) is 24.3 Å². The van der Waals surface area contributed by atoms with E-state index in [0.29, 0.717) is 37.6 Å². The molecule has 22 heavy (non-hydrogen) atoms. The van der Waals surface area contributed by atoms with Crippen molar-refractivity contribution < 1.29 is 24.2 Å². The van der Waals surface area contributed by atoms with Crippen LogP contribution >= 0.6 is 0 Å². The maximum absolute atomic E-state index is 11.9. The normalized spacial score (nSPS) is 16.0. The fraction of sp³-hybridized carbons (Fsp3) is 0.467. The molecule has 1 heterocycles. The Hall–Kier alpha value is -2.44. The summed E-state index contributed by atoms with van der Waals surface area (Å²) in [6.45, 7) is 1.10. The highest BCUT2D eigenvalue weighted by atomic mass is 16.6. The van der Waals surface area contributed by atoms with Crippen LogP contribution < -0.4 is 14.8 Å². The number of carboxylic acid groups (broad SMARTS) is 1. The SMILES string of the molecule is CN(CC1COc2ccccc2O1)C(=O)NCCCC(=O)O. The molecule has 1 aromatic rings. The highest BCUT2D eigenvalue weighted by Crippen LogP contribution is 2.30. The lowest BCUT2D eigenvalue weighted by atomic mass is 10.2. The minimum absolute atomic E-state index is 0.0420. The van der Waals surface area contributed by atoms with Crippen LogP contribution in [-0.4, -0.2) is 54.9 Å². The van der Waals surface area contributed by atoms with Gasteiger partial charge < -0.3 is 24.8 Å². The number of aliphatic carboxylic acids is 1. The number of carboxylic acids is 1. The zero-order valence-electron chi connectivity index (χ0n) is 12.4. The molecule has 2 rings (SSSR count). The fourth-order valence-corrected chi connectivity index (χ4v) is 2.11.